The summed E-state index contributed by atoms with van der Waals surface area (Å²) in [5.41, 5.74) is 44.7. The van der Waals surface area contributed by atoms with Gasteiger partial charge in [-0.2, -0.15) is 0 Å². The lowest BCUT2D eigenvalue weighted by Crippen LogP contribution is -2.65. The normalized spacial score (nSPS) is 13.0. The minimum Gasteiger partial charge on any atom is -0.311 e. The molecule has 6 nitrogen and oxygen atoms in total. The molecule has 0 radical (unpaired) electrons. The van der Waals surface area contributed by atoms with Crippen LogP contribution in [0, 0.1) is 0 Å². The van der Waals surface area contributed by atoms with Crippen LogP contribution >= 0.6 is 0 Å². The number of hydrogen-bond acceptors (Lipinski definition) is 6. The van der Waals surface area contributed by atoms with E-state index in [0.717, 1.165) is 169 Å². The highest BCUT2D eigenvalue weighted by molar-refractivity contribution is 7.03. The Labute approximate surface area is 814 Å². The zero-order chi connectivity index (χ0) is 94.0. The van der Waals surface area contributed by atoms with Gasteiger partial charge in [-0.05, 0) is 213 Å². The van der Waals surface area contributed by atoms with Gasteiger partial charge in [-0.15, -0.1) is 0 Å². The summed E-state index contributed by atoms with van der Waals surface area (Å²) in [6.45, 7) is 26.9. The fourth-order valence-electron chi connectivity index (χ4n) is 22.0. The Morgan fingerprint density at radius 3 is 0.681 bits per heavy atom. The molecule has 19 aromatic rings. The van der Waals surface area contributed by atoms with E-state index in [4.69, 9.17) is 0 Å². The van der Waals surface area contributed by atoms with Gasteiger partial charge in [0.25, 0.3) is 13.4 Å². The third-order valence-corrected chi connectivity index (χ3v) is 28.9. The Kier molecular flexibility index (Phi) is 21.4. The number of nitrogens with zero attached hydrogens (tertiary/aromatic N) is 6. The molecule has 0 fully saturated rings. The average molecular weight is 1780 g/mol. The standard InChI is InChI=1S/C130H110B2N6/c1-127(2,3)93-73-65-89(66-74-93)103-51-25-33-57-111(103)133(97-45-21-15-22-46-97)99-81-121-125-123(83-99)137(115-61-37-27-49-101(115)87-41-17-13-18-42-87)119-86-120-110(85-109(119)131(125)107-55-31-39-63-117(107)135(121)113-59-35-29-53-105(113)91-69-77-95(78-70-91)129(7,8)9)132-108-56-32-40-64-118(108)136(114-60-36-30-54-106(114)92-71-79-96(80-72-92)130(10,11)12)122-82-100(84-124(126(122)132)138(120)116-62-38-28-50-102(116)88-43-19-14-20-44-88)134(98-47-23-16-24-48-98)112-58-34-26-52-104(112)90-67-75-94(76-68-90)128(4,5)6/h13-86H,1-12H3. The Bertz CT molecular complexity index is 7400. The second-order valence-electron chi connectivity index (χ2n) is 41.6. The fraction of sp³-hybridized carbons (Fsp3) is 0.123. The first-order valence-corrected chi connectivity index (χ1v) is 48.8. The molecule has 4 aliphatic heterocycles. The number of anilines is 18. The van der Waals surface area contributed by atoms with Crippen molar-refractivity contribution in [3.8, 4) is 66.8 Å². The molecule has 19 aromatic carbocycles. The fourth-order valence-corrected chi connectivity index (χ4v) is 22.0. The van der Waals surface area contributed by atoms with Crippen LogP contribution in [0.15, 0.2) is 449 Å². The minimum absolute atomic E-state index is 0.0452. The van der Waals surface area contributed by atoms with Gasteiger partial charge < -0.3 is 29.4 Å². The van der Waals surface area contributed by atoms with Gasteiger partial charge in [-0.1, -0.05) is 429 Å². The van der Waals surface area contributed by atoms with Crippen LogP contribution in [-0.4, -0.2) is 13.4 Å². The molecule has 666 valence electrons. The number of fused-ring (bicyclic) bond motifs is 8. The highest BCUT2D eigenvalue weighted by Gasteiger charge is 2.50. The molecular weight excluding hydrogens is 1670 g/mol. The van der Waals surface area contributed by atoms with Gasteiger partial charge in [0.05, 0.1) is 45.5 Å². The third-order valence-electron chi connectivity index (χ3n) is 28.9. The van der Waals surface area contributed by atoms with Crippen LogP contribution in [0.1, 0.15) is 105 Å². The minimum atomic E-state index is -0.349. The van der Waals surface area contributed by atoms with Crippen molar-refractivity contribution in [2.24, 2.45) is 0 Å². The second-order valence-corrected chi connectivity index (χ2v) is 41.6. The molecule has 8 heteroatoms. The van der Waals surface area contributed by atoms with E-state index in [9.17, 15) is 0 Å². The highest BCUT2D eigenvalue weighted by atomic mass is 15.2. The number of hydrogen-bond donors (Lipinski definition) is 0. The molecule has 0 atom stereocenters. The lowest BCUT2D eigenvalue weighted by Gasteiger charge is -2.48. The smallest absolute Gasteiger partial charge is 0.252 e. The summed E-state index contributed by atoms with van der Waals surface area (Å²) in [5, 5.41) is 0. The summed E-state index contributed by atoms with van der Waals surface area (Å²) in [4.78, 5) is 15.7. The van der Waals surface area contributed by atoms with Crippen molar-refractivity contribution in [3.63, 3.8) is 0 Å². The van der Waals surface area contributed by atoms with Crippen LogP contribution < -0.4 is 62.2 Å². The molecule has 0 aliphatic carbocycles. The topological polar surface area (TPSA) is 19.4 Å². The second kappa shape index (κ2) is 34.2. The highest BCUT2D eigenvalue weighted by Crippen LogP contribution is 2.57. The predicted molar refractivity (Wildman–Crippen MR) is 591 cm³/mol. The molecule has 4 heterocycles. The van der Waals surface area contributed by atoms with E-state index >= 15 is 0 Å². The molecule has 4 aliphatic rings. The summed E-state index contributed by atoms with van der Waals surface area (Å²) in [6.07, 6.45) is 0. The maximum Gasteiger partial charge on any atom is 0.252 e. The van der Waals surface area contributed by atoms with Gasteiger partial charge in [0, 0.05) is 90.3 Å². The van der Waals surface area contributed by atoms with E-state index in [1.165, 1.54) is 55.0 Å². The molecule has 0 N–H and O–H groups in total. The monoisotopic (exact) mass is 1780 g/mol. The van der Waals surface area contributed by atoms with Crippen molar-refractivity contribution in [3.05, 3.63) is 471 Å². The molecule has 138 heavy (non-hydrogen) atoms. The lowest BCUT2D eigenvalue weighted by molar-refractivity contribution is 0.590. The molecule has 23 rings (SSSR count). The van der Waals surface area contributed by atoms with E-state index < -0.39 is 0 Å². The summed E-state index contributed by atoms with van der Waals surface area (Å²) in [5.74, 6) is 0. The van der Waals surface area contributed by atoms with Crippen molar-refractivity contribution in [2.45, 2.75) is 105 Å². The van der Waals surface area contributed by atoms with Gasteiger partial charge in [0.1, 0.15) is 0 Å². The van der Waals surface area contributed by atoms with E-state index in [-0.39, 0.29) is 35.1 Å². The Morgan fingerprint density at radius 2 is 0.391 bits per heavy atom. The number of rotatable bonds is 16. The first kappa shape index (κ1) is 86.2. The zero-order valence-electron chi connectivity index (χ0n) is 80.6. The van der Waals surface area contributed by atoms with Crippen LogP contribution in [-0.2, 0) is 21.7 Å². The lowest BCUT2D eigenvalue weighted by atomic mass is 9.30. The van der Waals surface area contributed by atoms with Crippen molar-refractivity contribution >= 4 is 149 Å². The molecular formula is C130H110B2N6. The van der Waals surface area contributed by atoms with Gasteiger partial charge in [0.15, 0.2) is 0 Å². The van der Waals surface area contributed by atoms with Gasteiger partial charge in [-0.3, -0.25) is 0 Å². The maximum atomic E-state index is 2.71. The Hall–Kier alpha value is -15.9. The quantitative estimate of drug-likeness (QED) is 0.0892. The van der Waals surface area contributed by atoms with Gasteiger partial charge in [-0.25, -0.2) is 0 Å². The van der Waals surface area contributed by atoms with Crippen LogP contribution in [0.4, 0.5) is 102 Å². The summed E-state index contributed by atoms with van der Waals surface area (Å²) < 4.78 is 0. The molecule has 0 unspecified atom stereocenters. The van der Waals surface area contributed by atoms with Crippen molar-refractivity contribution in [2.75, 3.05) is 29.4 Å². The van der Waals surface area contributed by atoms with Crippen molar-refractivity contribution < 1.29 is 0 Å². The summed E-state index contributed by atoms with van der Waals surface area (Å²) >= 11 is 0. The Balaban J connectivity index is 0.863. The van der Waals surface area contributed by atoms with E-state index in [1.54, 1.807) is 0 Å². The molecule has 0 amide bonds. The molecule has 0 bridgehead atoms. The largest absolute Gasteiger partial charge is 0.311 e. The Morgan fingerprint density at radius 1 is 0.167 bits per heavy atom. The third kappa shape index (κ3) is 15.1. The van der Waals surface area contributed by atoms with Crippen LogP contribution in [0.2, 0.25) is 0 Å². The molecule has 0 spiro atoms. The van der Waals surface area contributed by atoms with E-state index in [2.05, 4.69) is 561 Å². The molecule has 0 aromatic heterocycles. The number of para-hydroxylation sites is 10. The number of benzene rings is 19. The summed E-state index contributed by atoms with van der Waals surface area (Å²) in [7, 11) is 0. The van der Waals surface area contributed by atoms with E-state index in [0.29, 0.717) is 0 Å². The first-order chi connectivity index (χ1) is 67.1. The van der Waals surface area contributed by atoms with Crippen molar-refractivity contribution in [1.29, 1.82) is 0 Å². The first-order valence-electron chi connectivity index (χ1n) is 48.8. The predicted octanol–water partition coefficient (Wildman–Crippen LogP) is 32.0. The van der Waals surface area contributed by atoms with Gasteiger partial charge in [0.2, 0.25) is 0 Å². The SMILES string of the molecule is CC(C)(C)c1ccc(-c2ccccc2N(c2ccccc2)c2cc3c4c(c2)N(c2ccccc2-c2ccccc2)c2cc5c(cc2B4c2ccccc2N3c2ccccc2-c2ccc(C(C)(C)C)cc2)B2c3ccccc3N(c3ccccc3-c3ccc(C(C)(C)C)cc3)c3cc(N(c4ccccc4)c4ccccc4-c4ccc(C(C)(C)C)cc4)cc(c32)N5c2ccccc2-c2ccccc2)cc1. The maximum absolute atomic E-state index is 2.71. The molecule has 0 saturated heterocycles. The van der Waals surface area contributed by atoms with Gasteiger partial charge >= 0.3 is 0 Å². The van der Waals surface area contributed by atoms with Crippen LogP contribution in [0.3, 0.4) is 0 Å². The summed E-state index contributed by atoms with van der Waals surface area (Å²) in [6, 6.07) is 171. The van der Waals surface area contributed by atoms with Crippen LogP contribution in [0.5, 0.6) is 0 Å². The zero-order valence-corrected chi connectivity index (χ0v) is 80.6. The molecule has 0 saturated carbocycles. The van der Waals surface area contributed by atoms with E-state index in [1.807, 2.05) is 0 Å². The van der Waals surface area contributed by atoms with Crippen LogP contribution in [0.25, 0.3) is 66.8 Å². The van der Waals surface area contributed by atoms with Crippen molar-refractivity contribution in [1.82, 2.24) is 0 Å². The average Bonchev–Trinajstić information content (AvgIpc) is 0.676.